The second-order valence-electron chi connectivity index (χ2n) is 8.05. The molecule has 1 atom stereocenters. The predicted molar refractivity (Wildman–Crippen MR) is 129 cm³/mol. The number of rotatable bonds is 7. The summed E-state index contributed by atoms with van der Waals surface area (Å²) in [5.74, 6) is -0.873. The number of hydrogen-bond acceptors (Lipinski definition) is 7. The molecular formula is C25H23F3N4O3S. The Bertz CT molecular complexity index is 1240. The number of carbonyl (C=O) groups is 2. The van der Waals surface area contributed by atoms with Crippen molar-refractivity contribution in [2.24, 2.45) is 4.99 Å². The summed E-state index contributed by atoms with van der Waals surface area (Å²) in [6, 6.07) is 7.45. The Morgan fingerprint density at radius 3 is 2.58 bits per heavy atom. The molecule has 1 amide bonds. The molecule has 0 saturated heterocycles. The van der Waals surface area contributed by atoms with Crippen LogP contribution in [-0.4, -0.2) is 33.5 Å². The molecule has 2 aliphatic heterocycles. The summed E-state index contributed by atoms with van der Waals surface area (Å²) >= 11 is 1.29. The molecule has 3 heterocycles. The van der Waals surface area contributed by atoms with Crippen molar-refractivity contribution in [2.45, 2.75) is 39.0 Å². The van der Waals surface area contributed by atoms with Crippen LogP contribution in [0.5, 0.6) is 0 Å². The van der Waals surface area contributed by atoms with E-state index in [1.807, 2.05) is 6.07 Å². The first kappa shape index (κ1) is 25.5. The Labute approximate surface area is 210 Å². The van der Waals surface area contributed by atoms with E-state index in [9.17, 15) is 22.8 Å². The number of nitrogens with one attached hydrogen (secondary N) is 1. The van der Waals surface area contributed by atoms with Crippen LogP contribution in [0.25, 0.3) is 0 Å². The maximum absolute atomic E-state index is 13.2. The molecule has 0 spiro atoms. The lowest BCUT2D eigenvalue weighted by atomic mass is 9.93. The standard InChI is InChI=1S/C25H23F3N4O3S/c1-3-35-23(34)21-15(2)31-24-32(22(21)17-6-8-18(9-7-17)25(26,27)28)19(14-36-24)11-20(33)30-13-16-5-4-10-29-12-16/h4-10,12,14,22H,3,11,13H2,1-2H3,(H,30,33). The number of carbonyl (C=O) groups excluding carboxylic acids is 2. The van der Waals surface area contributed by atoms with Crippen molar-refractivity contribution in [3.63, 3.8) is 0 Å². The van der Waals surface area contributed by atoms with Crippen LogP contribution >= 0.6 is 11.8 Å². The van der Waals surface area contributed by atoms with Crippen LogP contribution in [0.1, 0.15) is 43.0 Å². The number of aliphatic imine (C=N–C) groups is 1. The molecule has 1 aromatic heterocycles. The summed E-state index contributed by atoms with van der Waals surface area (Å²) in [7, 11) is 0. The third kappa shape index (κ3) is 5.46. The Morgan fingerprint density at radius 2 is 1.94 bits per heavy atom. The number of hydrogen-bond donors (Lipinski definition) is 1. The van der Waals surface area contributed by atoms with Crippen molar-refractivity contribution >= 4 is 28.8 Å². The van der Waals surface area contributed by atoms with E-state index in [0.29, 0.717) is 28.7 Å². The van der Waals surface area contributed by atoms with Crippen LogP contribution < -0.4 is 5.32 Å². The number of fused-ring (bicyclic) bond motifs is 1. The van der Waals surface area contributed by atoms with E-state index in [0.717, 1.165) is 17.7 Å². The van der Waals surface area contributed by atoms with Gasteiger partial charge in [-0.2, -0.15) is 13.2 Å². The fourth-order valence-corrected chi connectivity index (χ4v) is 4.90. The molecule has 0 fully saturated rings. The predicted octanol–water partition coefficient (Wildman–Crippen LogP) is 4.94. The monoisotopic (exact) mass is 516 g/mol. The van der Waals surface area contributed by atoms with Crippen molar-refractivity contribution in [3.8, 4) is 0 Å². The van der Waals surface area contributed by atoms with E-state index in [-0.39, 0.29) is 24.5 Å². The summed E-state index contributed by atoms with van der Waals surface area (Å²) < 4.78 is 44.8. The van der Waals surface area contributed by atoms with Crippen LogP contribution in [0.15, 0.2) is 76.2 Å². The number of thioether (sulfide) groups is 1. The van der Waals surface area contributed by atoms with E-state index in [1.165, 1.54) is 23.9 Å². The zero-order valence-electron chi connectivity index (χ0n) is 19.5. The van der Waals surface area contributed by atoms with Gasteiger partial charge in [-0.3, -0.25) is 9.78 Å². The molecule has 7 nitrogen and oxygen atoms in total. The van der Waals surface area contributed by atoms with Crippen molar-refractivity contribution in [3.05, 3.63) is 87.9 Å². The topological polar surface area (TPSA) is 83.9 Å². The van der Waals surface area contributed by atoms with E-state index < -0.39 is 23.8 Å². The van der Waals surface area contributed by atoms with Gasteiger partial charge < -0.3 is 15.0 Å². The molecular weight excluding hydrogens is 493 g/mol. The van der Waals surface area contributed by atoms with Crippen LogP contribution in [0.2, 0.25) is 0 Å². The molecule has 2 aromatic rings. The highest BCUT2D eigenvalue weighted by Crippen LogP contribution is 2.45. The van der Waals surface area contributed by atoms with Crippen LogP contribution in [-0.2, 0) is 27.0 Å². The van der Waals surface area contributed by atoms with Crippen molar-refractivity contribution in [2.75, 3.05) is 6.61 Å². The smallest absolute Gasteiger partial charge is 0.416 e. The van der Waals surface area contributed by atoms with Gasteiger partial charge in [-0.15, -0.1) is 0 Å². The highest BCUT2D eigenvalue weighted by Gasteiger charge is 2.41. The number of esters is 1. The molecule has 4 rings (SSSR count). The molecule has 188 valence electrons. The van der Waals surface area contributed by atoms with Gasteiger partial charge in [0.2, 0.25) is 5.91 Å². The van der Waals surface area contributed by atoms with Gasteiger partial charge in [0, 0.05) is 24.6 Å². The van der Waals surface area contributed by atoms with Gasteiger partial charge in [0.1, 0.15) is 0 Å². The van der Waals surface area contributed by atoms with Crippen LogP contribution in [0.3, 0.4) is 0 Å². The Kier molecular flexibility index (Phi) is 7.48. The second kappa shape index (κ2) is 10.6. The number of halogens is 3. The normalized spacial score (nSPS) is 17.4. The first-order chi connectivity index (χ1) is 17.2. The number of pyridine rings is 1. The molecule has 1 unspecified atom stereocenters. The minimum absolute atomic E-state index is 0.0153. The third-order valence-electron chi connectivity index (χ3n) is 5.60. The fourth-order valence-electron chi connectivity index (χ4n) is 3.94. The minimum atomic E-state index is -4.49. The second-order valence-corrected chi connectivity index (χ2v) is 8.88. The Morgan fingerprint density at radius 1 is 1.19 bits per heavy atom. The Hall–Kier alpha value is -3.60. The number of aromatic nitrogens is 1. The number of ether oxygens (including phenoxy) is 1. The first-order valence-corrected chi connectivity index (χ1v) is 12.0. The quantitative estimate of drug-likeness (QED) is 0.525. The molecule has 1 N–H and O–H groups in total. The van der Waals surface area contributed by atoms with E-state index >= 15 is 0 Å². The van der Waals surface area contributed by atoms with Crippen molar-refractivity contribution in [1.82, 2.24) is 15.2 Å². The van der Waals surface area contributed by atoms with Crippen molar-refractivity contribution in [1.29, 1.82) is 0 Å². The molecule has 0 radical (unpaired) electrons. The SMILES string of the molecule is CCOC(=O)C1=C(C)N=C2SC=C(CC(=O)NCc3cccnc3)N2C1c1ccc(C(F)(F)F)cc1. The number of amides is 1. The molecule has 2 aliphatic rings. The lowest BCUT2D eigenvalue weighted by Crippen LogP contribution is -2.38. The molecule has 0 aliphatic carbocycles. The number of benzene rings is 1. The Balaban J connectivity index is 1.63. The number of amidine groups is 1. The van der Waals surface area contributed by atoms with Gasteiger partial charge in [0.25, 0.3) is 0 Å². The van der Waals surface area contributed by atoms with Crippen molar-refractivity contribution < 1.29 is 27.5 Å². The van der Waals surface area contributed by atoms with Gasteiger partial charge >= 0.3 is 12.1 Å². The van der Waals surface area contributed by atoms with Crippen LogP contribution in [0.4, 0.5) is 13.2 Å². The summed E-state index contributed by atoms with van der Waals surface area (Å²) in [6.45, 7) is 3.75. The zero-order valence-corrected chi connectivity index (χ0v) is 20.3. The lowest BCUT2D eigenvalue weighted by molar-refractivity contribution is -0.139. The summed E-state index contributed by atoms with van der Waals surface area (Å²) in [5.41, 5.74) is 1.68. The van der Waals surface area contributed by atoms with E-state index in [2.05, 4.69) is 15.3 Å². The highest BCUT2D eigenvalue weighted by atomic mass is 32.2. The van der Waals surface area contributed by atoms with Gasteiger partial charge in [-0.05, 0) is 48.6 Å². The van der Waals surface area contributed by atoms with Gasteiger partial charge in [0.05, 0.1) is 35.9 Å². The molecule has 0 bridgehead atoms. The number of alkyl halides is 3. The summed E-state index contributed by atoms with van der Waals surface area (Å²) in [4.78, 5) is 35.9. The first-order valence-electron chi connectivity index (χ1n) is 11.1. The molecule has 36 heavy (non-hydrogen) atoms. The summed E-state index contributed by atoms with van der Waals surface area (Å²) in [6.07, 6.45) is -1.21. The largest absolute Gasteiger partial charge is 0.463 e. The lowest BCUT2D eigenvalue weighted by Gasteiger charge is -2.36. The zero-order chi connectivity index (χ0) is 25.9. The van der Waals surface area contributed by atoms with Gasteiger partial charge in [-0.1, -0.05) is 30.0 Å². The molecule has 0 saturated carbocycles. The fraction of sp³-hybridized carbons (Fsp3) is 0.280. The molecule has 11 heteroatoms. The maximum Gasteiger partial charge on any atom is 0.416 e. The maximum atomic E-state index is 13.2. The average Bonchev–Trinajstić information content (AvgIpc) is 3.24. The third-order valence-corrected chi connectivity index (χ3v) is 6.49. The van der Waals surface area contributed by atoms with Gasteiger partial charge in [0.15, 0.2) is 5.17 Å². The van der Waals surface area contributed by atoms with Gasteiger partial charge in [-0.25, -0.2) is 9.79 Å². The number of allylic oxidation sites excluding steroid dienone is 1. The van der Waals surface area contributed by atoms with E-state index in [4.69, 9.17) is 4.74 Å². The summed E-state index contributed by atoms with van der Waals surface area (Å²) in [5, 5.41) is 5.13. The highest BCUT2D eigenvalue weighted by molar-refractivity contribution is 8.16. The number of nitrogens with zero attached hydrogens (tertiary/aromatic N) is 3. The minimum Gasteiger partial charge on any atom is -0.463 e. The molecule has 1 aromatic carbocycles. The van der Waals surface area contributed by atoms with E-state index in [1.54, 1.807) is 42.6 Å². The average molecular weight is 517 g/mol. The van der Waals surface area contributed by atoms with Crippen LogP contribution in [0, 0.1) is 0 Å².